The van der Waals surface area contributed by atoms with Crippen molar-refractivity contribution in [2.45, 2.75) is 6.10 Å². The second-order valence-corrected chi connectivity index (χ2v) is 2.26. The molecule has 0 bridgehead atoms. The summed E-state index contributed by atoms with van der Waals surface area (Å²) in [5.74, 6) is 0.747. The molecule has 3 N–H and O–H groups in total. The van der Waals surface area contributed by atoms with Gasteiger partial charge in [0.2, 0.25) is 0 Å². The third-order valence-electron chi connectivity index (χ3n) is 0.631. The Labute approximate surface area is 48.1 Å². The summed E-state index contributed by atoms with van der Waals surface area (Å²) in [6.45, 7) is 0.376. The van der Waals surface area contributed by atoms with Gasteiger partial charge in [0.1, 0.15) is 0 Å². The standard InChI is InChI=1S/C4H11NOS/c1-7-3-4(6)2-5/h4,6H,2-3,5H2,1H3/t4-/m0/s1. The quantitative estimate of drug-likeness (QED) is 0.537. The van der Waals surface area contributed by atoms with Crippen LogP contribution in [0.5, 0.6) is 0 Å². The summed E-state index contributed by atoms with van der Waals surface area (Å²) >= 11 is 1.60. The predicted octanol–water partition coefficient (Wildman–Crippen LogP) is -0.331. The van der Waals surface area contributed by atoms with Crippen LogP contribution in [-0.4, -0.2) is 29.8 Å². The maximum atomic E-state index is 8.71. The number of nitrogens with two attached hydrogens (primary N) is 1. The molecule has 0 aromatic rings. The first-order valence-electron chi connectivity index (χ1n) is 2.18. The van der Waals surface area contributed by atoms with E-state index in [4.69, 9.17) is 10.8 Å². The van der Waals surface area contributed by atoms with Gasteiger partial charge in [0.15, 0.2) is 0 Å². The highest BCUT2D eigenvalue weighted by atomic mass is 32.2. The lowest BCUT2D eigenvalue weighted by atomic mass is 10.4. The van der Waals surface area contributed by atoms with E-state index < -0.39 is 0 Å². The molecule has 0 radical (unpaired) electrons. The van der Waals surface area contributed by atoms with Crippen molar-refractivity contribution in [3.05, 3.63) is 0 Å². The van der Waals surface area contributed by atoms with Crippen LogP contribution >= 0.6 is 11.8 Å². The second-order valence-electron chi connectivity index (χ2n) is 1.34. The van der Waals surface area contributed by atoms with Crippen LogP contribution in [0.1, 0.15) is 0 Å². The largest absolute Gasteiger partial charge is 0.391 e. The predicted molar refractivity (Wildman–Crippen MR) is 33.4 cm³/mol. The fourth-order valence-electron chi connectivity index (χ4n) is 0.260. The second kappa shape index (κ2) is 4.43. The molecule has 3 heteroatoms. The Balaban J connectivity index is 2.83. The molecule has 0 unspecified atom stereocenters. The Morgan fingerprint density at radius 1 is 1.86 bits per heavy atom. The Bertz CT molecular complexity index is 42.7. The third kappa shape index (κ3) is 4.12. The van der Waals surface area contributed by atoms with Gasteiger partial charge >= 0.3 is 0 Å². The van der Waals surface area contributed by atoms with E-state index in [9.17, 15) is 0 Å². The fourth-order valence-corrected chi connectivity index (χ4v) is 0.781. The lowest BCUT2D eigenvalue weighted by Gasteiger charge is -2.01. The minimum atomic E-state index is -0.310. The molecule has 2 nitrogen and oxygen atoms in total. The molecule has 0 rings (SSSR count). The molecule has 7 heavy (non-hydrogen) atoms. The smallest absolute Gasteiger partial charge is 0.0752 e. The molecule has 0 aliphatic heterocycles. The van der Waals surface area contributed by atoms with Crippen LogP contribution in [0.4, 0.5) is 0 Å². The zero-order chi connectivity index (χ0) is 5.70. The minimum Gasteiger partial charge on any atom is -0.391 e. The van der Waals surface area contributed by atoms with Gasteiger partial charge in [0.05, 0.1) is 6.10 Å². The molecule has 0 aliphatic carbocycles. The van der Waals surface area contributed by atoms with Crippen molar-refractivity contribution in [2.24, 2.45) is 5.73 Å². The van der Waals surface area contributed by atoms with Crippen LogP contribution in [0.2, 0.25) is 0 Å². The minimum absolute atomic E-state index is 0.310. The van der Waals surface area contributed by atoms with E-state index in [-0.39, 0.29) is 6.10 Å². The average molecular weight is 121 g/mol. The van der Waals surface area contributed by atoms with Gasteiger partial charge in [0.25, 0.3) is 0 Å². The van der Waals surface area contributed by atoms with E-state index in [0.717, 1.165) is 5.75 Å². The van der Waals surface area contributed by atoms with Crippen molar-refractivity contribution < 1.29 is 5.11 Å². The van der Waals surface area contributed by atoms with E-state index in [2.05, 4.69) is 0 Å². The Morgan fingerprint density at radius 2 is 2.43 bits per heavy atom. The first-order chi connectivity index (χ1) is 3.31. The Hall–Kier alpha value is 0.270. The lowest BCUT2D eigenvalue weighted by Crippen LogP contribution is -2.21. The molecular formula is C4H11NOS. The fraction of sp³-hybridized carbons (Fsp3) is 1.00. The number of rotatable bonds is 3. The SMILES string of the molecule is CSC[C@@H](O)CN. The Morgan fingerprint density at radius 3 is 2.57 bits per heavy atom. The average Bonchev–Trinajstić information content (AvgIpc) is 1.68. The van der Waals surface area contributed by atoms with Gasteiger partial charge in [-0.05, 0) is 6.26 Å². The van der Waals surface area contributed by atoms with Gasteiger partial charge in [-0.15, -0.1) is 0 Å². The molecule has 0 aromatic heterocycles. The van der Waals surface area contributed by atoms with Crippen molar-refractivity contribution in [2.75, 3.05) is 18.6 Å². The van der Waals surface area contributed by atoms with Gasteiger partial charge in [-0.3, -0.25) is 0 Å². The summed E-state index contributed by atoms with van der Waals surface area (Å²) in [6.07, 6.45) is 1.63. The highest BCUT2D eigenvalue weighted by Crippen LogP contribution is 1.93. The molecule has 0 saturated heterocycles. The van der Waals surface area contributed by atoms with E-state index in [1.807, 2.05) is 6.26 Å². The summed E-state index contributed by atoms with van der Waals surface area (Å²) in [6, 6.07) is 0. The van der Waals surface area contributed by atoms with Crippen molar-refractivity contribution in [3.8, 4) is 0 Å². The van der Waals surface area contributed by atoms with Crippen LogP contribution in [-0.2, 0) is 0 Å². The Kier molecular flexibility index (Phi) is 4.60. The number of aliphatic hydroxyl groups is 1. The van der Waals surface area contributed by atoms with Crippen molar-refractivity contribution >= 4 is 11.8 Å². The molecule has 0 fully saturated rings. The molecule has 44 valence electrons. The molecule has 0 aliphatic rings. The maximum Gasteiger partial charge on any atom is 0.0752 e. The topological polar surface area (TPSA) is 46.2 Å². The van der Waals surface area contributed by atoms with Gasteiger partial charge in [-0.1, -0.05) is 0 Å². The number of hydrogen-bond donors (Lipinski definition) is 2. The summed E-state index contributed by atoms with van der Waals surface area (Å²) in [5.41, 5.74) is 5.09. The van der Waals surface area contributed by atoms with Crippen LogP contribution in [0.15, 0.2) is 0 Å². The highest BCUT2D eigenvalue weighted by Gasteiger charge is 1.95. The van der Waals surface area contributed by atoms with Gasteiger partial charge in [0, 0.05) is 12.3 Å². The van der Waals surface area contributed by atoms with Crippen LogP contribution in [0, 0.1) is 0 Å². The zero-order valence-electron chi connectivity index (χ0n) is 4.42. The monoisotopic (exact) mass is 121 g/mol. The zero-order valence-corrected chi connectivity index (χ0v) is 5.24. The van der Waals surface area contributed by atoms with Gasteiger partial charge in [-0.2, -0.15) is 11.8 Å². The normalized spacial score (nSPS) is 14.1. The molecule has 1 atom stereocenters. The molecular weight excluding hydrogens is 110 g/mol. The first-order valence-corrected chi connectivity index (χ1v) is 3.57. The molecule has 0 spiro atoms. The lowest BCUT2D eigenvalue weighted by molar-refractivity contribution is 0.208. The molecule has 0 heterocycles. The molecule has 0 aromatic carbocycles. The van der Waals surface area contributed by atoms with Crippen molar-refractivity contribution in [1.29, 1.82) is 0 Å². The summed E-state index contributed by atoms with van der Waals surface area (Å²) < 4.78 is 0. The van der Waals surface area contributed by atoms with E-state index >= 15 is 0 Å². The van der Waals surface area contributed by atoms with Gasteiger partial charge < -0.3 is 10.8 Å². The number of thioether (sulfide) groups is 1. The van der Waals surface area contributed by atoms with E-state index in [1.165, 1.54) is 0 Å². The maximum absolute atomic E-state index is 8.71. The van der Waals surface area contributed by atoms with Crippen LogP contribution in [0.3, 0.4) is 0 Å². The van der Waals surface area contributed by atoms with Crippen molar-refractivity contribution in [3.63, 3.8) is 0 Å². The summed E-state index contributed by atoms with van der Waals surface area (Å²) in [4.78, 5) is 0. The summed E-state index contributed by atoms with van der Waals surface area (Å²) in [5, 5.41) is 8.71. The van der Waals surface area contributed by atoms with Gasteiger partial charge in [-0.25, -0.2) is 0 Å². The van der Waals surface area contributed by atoms with E-state index in [1.54, 1.807) is 11.8 Å². The molecule has 0 saturated carbocycles. The first kappa shape index (κ1) is 7.27. The third-order valence-corrected chi connectivity index (χ3v) is 1.35. The highest BCUT2D eigenvalue weighted by molar-refractivity contribution is 7.98. The number of aliphatic hydroxyl groups excluding tert-OH is 1. The van der Waals surface area contributed by atoms with Crippen LogP contribution in [0.25, 0.3) is 0 Å². The van der Waals surface area contributed by atoms with Crippen molar-refractivity contribution in [1.82, 2.24) is 0 Å². The summed E-state index contributed by atoms with van der Waals surface area (Å²) in [7, 11) is 0. The van der Waals surface area contributed by atoms with Crippen LogP contribution < -0.4 is 5.73 Å². The number of hydrogen-bond acceptors (Lipinski definition) is 3. The molecule has 0 amide bonds. The van der Waals surface area contributed by atoms with E-state index in [0.29, 0.717) is 6.54 Å².